The van der Waals surface area contributed by atoms with E-state index in [2.05, 4.69) is 19.8 Å². The monoisotopic (exact) mass is 517 g/mol. The zero-order valence-corrected chi connectivity index (χ0v) is 20.3. The number of alkyl halides is 3. The fourth-order valence-electron chi connectivity index (χ4n) is 4.04. The predicted molar refractivity (Wildman–Crippen MR) is 132 cm³/mol. The molecule has 2 aliphatic rings. The summed E-state index contributed by atoms with van der Waals surface area (Å²) in [6, 6.07) is 5.62. The van der Waals surface area contributed by atoms with Crippen molar-refractivity contribution >= 4 is 35.3 Å². The lowest BCUT2D eigenvalue weighted by atomic mass is 10.1. The lowest BCUT2D eigenvalue weighted by molar-refractivity contribution is -0.274. The summed E-state index contributed by atoms with van der Waals surface area (Å²) in [5.74, 6) is 1.48. The zero-order valence-electron chi connectivity index (χ0n) is 19.6. The van der Waals surface area contributed by atoms with Crippen LogP contribution in [0.25, 0.3) is 17.1 Å². The molecular formula is C24H23ClF3N7O. The Hall–Kier alpha value is -3.60. The Kier molecular flexibility index (Phi) is 6.11. The number of hydrogen-bond acceptors (Lipinski definition) is 6. The fourth-order valence-corrected chi connectivity index (χ4v) is 4.16. The van der Waals surface area contributed by atoms with E-state index in [-0.39, 0.29) is 11.6 Å². The van der Waals surface area contributed by atoms with Gasteiger partial charge in [-0.3, -0.25) is 0 Å². The van der Waals surface area contributed by atoms with E-state index in [1.54, 1.807) is 29.1 Å². The highest BCUT2D eigenvalue weighted by molar-refractivity contribution is 6.31. The summed E-state index contributed by atoms with van der Waals surface area (Å²) in [7, 11) is 0. The number of halogens is 4. The third-order valence-electron chi connectivity index (χ3n) is 5.96. The highest BCUT2D eigenvalue weighted by Crippen LogP contribution is 2.37. The summed E-state index contributed by atoms with van der Waals surface area (Å²) in [6.45, 7) is 4.32. The number of nitrogens with two attached hydrogens (primary N) is 1. The number of ether oxygens (including phenoxy) is 1. The van der Waals surface area contributed by atoms with Crippen molar-refractivity contribution in [3.05, 3.63) is 52.3 Å². The molecule has 0 unspecified atom stereocenters. The predicted octanol–water partition coefficient (Wildman–Crippen LogP) is 5.44. The minimum Gasteiger partial charge on any atom is -0.406 e. The third kappa shape index (κ3) is 5.01. The standard InChI is InChI=1S/C24H23ClF3N7O/c1-13-21(25)14(2)35(32-13)20-11-19(29)31-23-18(9-10-30-20)22(33-34(23)12-15-3-4-15)16-5-7-17(8-6-16)36-24(26,27)28/h5-8,10-11,15H,3-4,9,12H2,1-2H3,(H2,29,31). The van der Waals surface area contributed by atoms with E-state index in [1.165, 1.54) is 12.1 Å². The average molecular weight is 518 g/mol. The van der Waals surface area contributed by atoms with E-state index >= 15 is 0 Å². The third-order valence-corrected chi connectivity index (χ3v) is 6.51. The van der Waals surface area contributed by atoms with Crippen molar-refractivity contribution in [2.45, 2.75) is 46.0 Å². The number of rotatable bonds is 5. The van der Waals surface area contributed by atoms with Gasteiger partial charge in [-0.2, -0.15) is 10.2 Å². The first-order valence-corrected chi connectivity index (χ1v) is 11.7. The van der Waals surface area contributed by atoms with E-state index < -0.39 is 6.36 Å². The van der Waals surface area contributed by atoms with Crippen molar-refractivity contribution in [2.24, 2.45) is 21.6 Å². The number of amidine groups is 1. The van der Waals surface area contributed by atoms with E-state index in [0.29, 0.717) is 52.5 Å². The Balaban J connectivity index is 1.56. The van der Waals surface area contributed by atoms with E-state index in [0.717, 1.165) is 24.1 Å². The Bertz CT molecular complexity index is 1400. The van der Waals surface area contributed by atoms with Crippen LogP contribution in [0.1, 0.15) is 29.8 Å². The van der Waals surface area contributed by atoms with Crippen LogP contribution in [0.2, 0.25) is 5.02 Å². The van der Waals surface area contributed by atoms with Crippen LogP contribution in [0.15, 0.2) is 40.3 Å². The van der Waals surface area contributed by atoms with Crippen LogP contribution in [0.3, 0.4) is 0 Å². The van der Waals surface area contributed by atoms with Crippen LogP contribution in [0, 0.1) is 19.8 Å². The van der Waals surface area contributed by atoms with E-state index in [1.807, 2.05) is 18.5 Å². The van der Waals surface area contributed by atoms with Crippen LogP contribution >= 0.6 is 11.6 Å². The van der Waals surface area contributed by atoms with Crippen LogP contribution < -0.4 is 10.5 Å². The molecule has 0 atom stereocenters. The van der Waals surface area contributed by atoms with Gasteiger partial charge in [-0.15, -0.1) is 13.2 Å². The molecule has 0 bridgehead atoms. The van der Waals surface area contributed by atoms with Crippen molar-refractivity contribution in [3.63, 3.8) is 0 Å². The number of fused-ring (bicyclic) bond motifs is 1. The van der Waals surface area contributed by atoms with E-state index in [4.69, 9.17) is 22.4 Å². The summed E-state index contributed by atoms with van der Waals surface area (Å²) in [4.78, 5) is 9.26. The van der Waals surface area contributed by atoms with Crippen molar-refractivity contribution < 1.29 is 17.9 Å². The van der Waals surface area contributed by atoms with Crippen LogP contribution in [-0.2, 0) is 13.0 Å². The van der Waals surface area contributed by atoms with Gasteiger partial charge in [0, 0.05) is 36.4 Å². The molecular weight excluding hydrogens is 495 g/mol. The fraction of sp³-hybridized carbons (Fsp3) is 0.333. The Morgan fingerprint density at radius 2 is 1.86 bits per heavy atom. The van der Waals surface area contributed by atoms with Crippen molar-refractivity contribution in [1.82, 2.24) is 19.6 Å². The molecule has 12 heteroatoms. The van der Waals surface area contributed by atoms with Crippen molar-refractivity contribution in [1.29, 1.82) is 0 Å². The van der Waals surface area contributed by atoms with Gasteiger partial charge in [0.1, 0.15) is 11.6 Å². The Labute approximate surface area is 209 Å². The number of aryl methyl sites for hydroxylation is 1. The average Bonchev–Trinajstić information content (AvgIpc) is 3.50. The van der Waals surface area contributed by atoms with Gasteiger partial charge in [0.05, 0.1) is 22.1 Å². The molecule has 0 saturated heterocycles. The summed E-state index contributed by atoms with van der Waals surface area (Å²) < 4.78 is 45.2. The number of aromatic nitrogens is 4. The molecule has 8 nitrogen and oxygen atoms in total. The maximum absolute atomic E-state index is 12.6. The molecule has 1 fully saturated rings. The molecule has 2 N–H and O–H groups in total. The second-order valence-electron chi connectivity index (χ2n) is 8.80. The number of benzene rings is 1. The normalized spacial score (nSPS) is 16.1. The lowest BCUT2D eigenvalue weighted by Gasteiger charge is -2.09. The second-order valence-corrected chi connectivity index (χ2v) is 9.18. The minimum absolute atomic E-state index is 0.214. The molecule has 1 aromatic carbocycles. The molecule has 2 aromatic heterocycles. The van der Waals surface area contributed by atoms with Gasteiger partial charge in [0.25, 0.3) is 0 Å². The zero-order chi connectivity index (χ0) is 25.6. The van der Waals surface area contributed by atoms with Gasteiger partial charge in [-0.05, 0) is 56.9 Å². The highest BCUT2D eigenvalue weighted by Gasteiger charge is 2.31. The van der Waals surface area contributed by atoms with Gasteiger partial charge in [0.2, 0.25) is 0 Å². The molecule has 0 spiro atoms. The summed E-state index contributed by atoms with van der Waals surface area (Å²) in [5, 5.41) is 9.78. The summed E-state index contributed by atoms with van der Waals surface area (Å²) in [6.07, 6.45) is 1.17. The molecule has 3 aromatic rings. The first-order valence-electron chi connectivity index (χ1n) is 11.4. The van der Waals surface area contributed by atoms with Crippen molar-refractivity contribution in [2.75, 3.05) is 0 Å². The molecule has 188 valence electrons. The number of hydrogen-bond donors (Lipinski definition) is 1. The maximum atomic E-state index is 12.6. The molecule has 1 saturated carbocycles. The van der Waals surface area contributed by atoms with Crippen LogP contribution in [0.4, 0.5) is 19.0 Å². The van der Waals surface area contributed by atoms with Gasteiger partial charge in [0.15, 0.2) is 11.6 Å². The molecule has 3 heterocycles. The molecule has 0 amide bonds. The Morgan fingerprint density at radius 1 is 1.14 bits per heavy atom. The smallest absolute Gasteiger partial charge is 0.406 e. The molecule has 1 aliphatic carbocycles. The topological polar surface area (TPSA) is 95.6 Å². The first kappa shape index (κ1) is 24.1. The number of aliphatic imine (C=N–C) groups is 2. The SMILES string of the molecule is Cc1nn(C2=CC(N)=Nc3c(c(-c4ccc(OC(F)(F)F)cc4)nn3CC3CC3)CC=N2)c(C)c1Cl. The quantitative estimate of drug-likeness (QED) is 0.487. The van der Waals surface area contributed by atoms with Crippen LogP contribution in [0.5, 0.6) is 5.75 Å². The minimum atomic E-state index is -4.76. The maximum Gasteiger partial charge on any atom is 0.573 e. The molecule has 5 rings (SSSR count). The molecule has 36 heavy (non-hydrogen) atoms. The molecule has 1 aliphatic heterocycles. The second kappa shape index (κ2) is 9.12. The first-order chi connectivity index (χ1) is 17.1. The van der Waals surface area contributed by atoms with E-state index in [9.17, 15) is 13.2 Å². The van der Waals surface area contributed by atoms with Gasteiger partial charge in [-0.25, -0.2) is 19.3 Å². The number of nitrogens with zero attached hydrogens (tertiary/aromatic N) is 6. The summed E-state index contributed by atoms with van der Waals surface area (Å²) in [5.41, 5.74) is 9.72. The molecule has 0 radical (unpaired) electrons. The van der Waals surface area contributed by atoms with Crippen molar-refractivity contribution in [3.8, 4) is 17.0 Å². The Morgan fingerprint density at radius 3 is 2.47 bits per heavy atom. The van der Waals surface area contributed by atoms with Gasteiger partial charge in [-0.1, -0.05) is 11.6 Å². The summed E-state index contributed by atoms with van der Waals surface area (Å²) >= 11 is 6.32. The largest absolute Gasteiger partial charge is 0.573 e. The van der Waals surface area contributed by atoms with Gasteiger partial charge >= 0.3 is 6.36 Å². The lowest BCUT2D eigenvalue weighted by Crippen LogP contribution is -2.16. The van der Waals surface area contributed by atoms with Gasteiger partial charge < -0.3 is 10.5 Å². The highest BCUT2D eigenvalue weighted by atomic mass is 35.5. The van der Waals surface area contributed by atoms with Crippen LogP contribution in [-0.4, -0.2) is 38.0 Å².